The van der Waals surface area contributed by atoms with Crippen molar-refractivity contribution in [1.29, 1.82) is 0 Å². The summed E-state index contributed by atoms with van der Waals surface area (Å²) in [6.07, 6.45) is 0. The molecule has 1 rings (SSSR count). The van der Waals surface area contributed by atoms with Crippen LogP contribution in [0.1, 0.15) is 0 Å². The predicted octanol–water partition coefficient (Wildman–Crippen LogP) is 1.83. The van der Waals surface area contributed by atoms with Crippen LogP contribution >= 0.6 is 11.6 Å². The first-order valence-electron chi connectivity index (χ1n) is 3.99. The van der Waals surface area contributed by atoms with E-state index in [1.807, 2.05) is 0 Å². The molecule has 0 heterocycles. The average Bonchev–Trinajstić information content (AvgIpc) is 2.15. The number of alkyl halides is 1. The van der Waals surface area contributed by atoms with Crippen molar-refractivity contribution in [2.75, 3.05) is 23.5 Å². The van der Waals surface area contributed by atoms with Gasteiger partial charge in [0.25, 0.3) is 5.69 Å². The lowest BCUT2D eigenvalue weighted by Gasteiger charge is -2.06. The van der Waals surface area contributed by atoms with Crippen LogP contribution in [0.3, 0.4) is 0 Å². The Bertz CT molecular complexity index is 343. The van der Waals surface area contributed by atoms with Gasteiger partial charge in [0.05, 0.1) is 16.3 Å². The monoisotopic (exact) mass is 215 g/mol. The number of nitro benzene ring substituents is 1. The van der Waals surface area contributed by atoms with Gasteiger partial charge in [-0.1, -0.05) is 0 Å². The van der Waals surface area contributed by atoms with E-state index >= 15 is 0 Å². The lowest BCUT2D eigenvalue weighted by Crippen LogP contribution is -2.05. The predicted molar refractivity (Wildman–Crippen MR) is 56.7 cm³/mol. The zero-order chi connectivity index (χ0) is 10.6. The lowest BCUT2D eigenvalue weighted by molar-refractivity contribution is -0.384. The highest BCUT2D eigenvalue weighted by atomic mass is 35.5. The zero-order valence-corrected chi connectivity index (χ0v) is 8.12. The Hall–Kier alpha value is -1.49. The molecule has 0 spiro atoms. The number of hydrogen-bond donors (Lipinski definition) is 2. The first kappa shape index (κ1) is 10.6. The summed E-state index contributed by atoms with van der Waals surface area (Å²) in [5.74, 6) is 0.455. The van der Waals surface area contributed by atoms with E-state index in [4.69, 9.17) is 17.3 Å². The van der Waals surface area contributed by atoms with Crippen LogP contribution in [0.2, 0.25) is 0 Å². The summed E-state index contributed by atoms with van der Waals surface area (Å²) in [4.78, 5) is 9.90. The summed E-state index contributed by atoms with van der Waals surface area (Å²) in [5.41, 5.74) is 6.59. The van der Waals surface area contributed by atoms with Gasteiger partial charge in [-0.3, -0.25) is 10.1 Å². The number of nitrogens with zero attached hydrogens (tertiary/aromatic N) is 1. The topological polar surface area (TPSA) is 81.2 Å². The van der Waals surface area contributed by atoms with Crippen molar-refractivity contribution >= 4 is 28.7 Å². The van der Waals surface area contributed by atoms with Gasteiger partial charge in [-0.2, -0.15) is 0 Å². The van der Waals surface area contributed by atoms with Crippen LogP contribution in [0, 0.1) is 10.1 Å². The van der Waals surface area contributed by atoms with E-state index < -0.39 is 4.92 Å². The number of anilines is 2. The summed E-state index contributed by atoms with van der Waals surface area (Å²) < 4.78 is 0. The molecule has 1 aromatic rings. The molecule has 0 saturated heterocycles. The Kier molecular flexibility index (Phi) is 3.53. The molecule has 0 aliphatic heterocycles. The molecular formula is C8H10ClN3O2. The van der Waals surface area contributed by atoms with Gasteiger partial charge in [-0.15, -0.1) is 11.6 Å². The average molecular weight is 216 g/mol. The summed E-state index contributed by atoms with van der Waals surface area (Å²) in [5, 5.41) is 13.3. The van der Waals surface area contributed by atoms with Gasteiger partial charge in [0.2, 0.25) is 0 Å². The maximum absolute atomic E-state index is 10.4. The molecule has 0 fully saturated rings. The maximum atomic E-state index is 10.4. The van der Waals surface area contributed by atoms with E-state index in [1.54, 1.807) is 6.07 Å². The third-order valence-electron chi connectivity index (χ3n) is 1.66. The van der Waals surface area contributed by atoms with Crippen LogP contribution in [-0.4, -0.2) is 17.3 Å². The van der Waals surface area contributed by atoms with Crippen molar-refractivity contribution in [3.05, 3.63) is 28.3 Å². The van der Waals surface area contributed by atoms with Gasteiger partial charge in [0.1, 0.15) is 0 Å². The molecule has 0 aromatic heterocycles. The zero-order valence-electron chi connectivity index (χ0n) is 7.37. The number of nitrogen functional groups attached to an aromatic ring is 1. The van der Waals surface area contributed by atoms with Crippen molar-refractivity contribution in [3.8, 4) is 0 Å². The number of hydrogen-bond acceptors (Lipinski definition) is 4. The van der Waals surface area contributed by atoms with Crippen molar-refractivity contribution in [2.24, 2.45) is 0 Å². The Morgan fingerprint density at radius 1 is 1.57 bits per heavy atom. The first-order valence-corrected chi connectivity index (χ1v) is 4.52. The van der Waals surface area contributed by atoms with Crippen LogP contribution in [0.15, 0.2) is 18.2 Å². The fourth-order valence-electron chi connectivity index (χ4n) is 1.01. The highest BCUT2D eigenvalue weighted by Crippen LogP contribution is 2.23. The number of nitrogens with two attached hydrogens (primary N) is 1. The van der Waals surface area contributed by atoms with Crippen LogP contribution in [0.5, 0.6) is 0 Å². The first-order chi connectivity index (χ1) is 6.65. The third-order valence-corrected chi connectivity index (χ3v) is 1.84. The molecule has 0 aliphatic carbocycles. The van der Waals surface area contributed by atoms with E-state index in [-0.39, 0.29) is 5.69 Å². The van der Waals surface area contributed by atoms with Crippen molar-refractivity contribution in [3.63, 3.8) is 0 Å². The number of benzene rings is 1. The second-order valence-corrected chi connectivity index (χ2v) is 3.02. The summed E-state index contributed by atoms with van der Waals surface area (Å²) in [6.45, 7) is 0.573. The van der Waals surface area contributed by atoms with Crippen molar-refractivity contribution in [2.45, 2.75) is 0 Å². The van der Waals surface area contributed by atoms with Gasteiger partial charge in [0, 0.05) is 24.6 Å². The van der Waals surface area contributed by atoms with E-state index in [9.17, 15) is 10.1 Å². The third kappa shape index (κ3) is 2.50. The molecule has 0 saturated carbocycles. The van der Waals surface area contributed by atoms with Crippen LogP contribution < -0.4 is 11.1 Å². The van der Waals surface area contributed by atoms with E-state index in [1.165, 1.54) is 12.1 Å². The molecular weight excluding hydrogens is 206 g/mol. The number of halogens is 1. The SMILES string of the molecule is Nc1cc([N+](=O)[O-])ccc1NCCCl. The quantitative estimate of drug-likeness (QED) is 0.348. The largest absolute Gasteiger partial charge is 0.397 e. The molecule has 0 aliphatic rings. The number of non-ortho nitro benzene ring substituents is 1. The van der Waals surface area contributed by atoms with Crippen LogP contribution in [0.4, 0.5) is 17.1 Å². The fourth-order valence-corrected chi connectivity index (χ4v) is 1.10. The standard InChI is InChI=1S/C8H10ClN3O2/c9-3-4-11-8-2-1-6(12(13)14)5-7(8)10/h1-2,5,11H,3-4,10H2. The van der Waals surface area contributed by atoms with Gasteiger partial charge < -0.3 is 11.1 Å². The fraction of sp³-hybridized carbons (Fsp3) is 0.250. The van der Waals surface area contributed by atoms with Crippen LogP contribution in [-0.2, 0) is 0 Å². The van der Waals surface area contributed by atoms with E-state index in [0.29, 0.717) is 23.8 Å². The second-order valence-electron chi connectivity index (χ2n) is 2.64. The van der Waals surface area contributed by atoms with Gasteiger partial charge in [0.15, 0.2) is 0 Å². The lowest BCUT2D eigenvalue weighted by atomic mass is 10.2. The van der Waals surface area contributed by atoms with E-state index in [2.05, 4.69) is 5.32 Å². The minimum absolute atomic E-state index is 0.0149. The highest BCUT2D eigenvalue weighted by molar-refractivity contribution is 6.18. The molecule has 0 amide bonds. The smallest absolute Gasteiger partial charge is 0.271 e. The summed E-state index contributed by atoms with van der Waals surface area (Å²) in [6, 6.07) is 4.28. The van der Waals surface area contributed by atoms with Gasteiger partial charge in [-0.05, 0) is 6.07 Å². The number of nitrogens with one attached hydrogen (secondary N) is 1. The van der Waals surface area contributed by atoms with Crippen molar-refractivity contribution < 1.29 is 4.92 Å². The summed E-state index contributed by atoms with van der Waals surface area (Å²) in [7, 11) is 0. The molecule has 14 heavy (non-hydrogen) atoms. The van der Waals surface area contributed by atoms with E-state index in [0.717, 1.165) is 0 Å². The minimum Gasteiger partial charge on any atom is -0.397 e. The Labute approximate surface area is 86.0 Å². The molecule has 0 unspecified atom stereocenters. The Balaban J connectivity index is 2.84. The molecule has 3 N–H and O–H groups in total. The Morgan fingerprint density at radius 2 is 2.29 bits per heavy atom. The molecule has 5 nitrogen and oxygen atoms in total. The molecule has 0 bridgehead atoms. The molecule has 0 atom stereocenters. The summed E-state index contributed by atoms with van der Waals surface area (Å²) >= 11 is 5.47. The van der Waals surface area contributed by atoms with Gasteiger partial charge in [-0.25, -0.2) is 0 Å². The molecule has 1 aromatic carbocycles. The second kappa shape index (κ2) is 4.66. The van der Waals surface area contributed by atoms with Crippen molar-refractivity contribution in [1.82, 2.24) is 0 Å². The normalized spacial score (nSPS) is 9.79. The number of nitro groups is 1. The highest BCUT2D eigenvalue weighted by Gasteiger charge is 2.07. The Morgan fingerprint density at radius 3 is 2.79 bits per heavy atom. The maximum Gasteiger partial charge on any atom is 0.271 e. The molecule has 76 valence electrons. The number of rotatable bonds is 4. The molecule has 0 radical (unpaired) electrons. The van der Waals surface area contributed by atoms with Crippen LogP contribution in [0.25, 0.3) is 0 Å². The minimum atomic E-state index is -0.484. The molecule has 6 heteroatoms. The van der Waals surface area contributed by atoms with Gasteiger partial charge >= 0.3 is 0 Å².